The van der Waals surface area contributed by atoms with Gasteiger partial charge in [0, 0.05) is 29.7 Å². The van der Waals surface area contributed by atoms with E-state index in [1.807, 2.05) is 0 Å². The number of aromatic amines is 1. The van der Waals surface area contributed by atoms with Gasteiger partial charge in [0.15, 0.2) is 0 Å². The molecular weight excluding hydrogens is 328 g/mol. The second-order valence-electron chi connectivity index (χ2n) is 8.18. The third-order valence-electron chi connectivity index (χ3n) is 7.02. The number of piperidine rings is 1. The summed E-state index contributed by atoms with van der Waals surface area (Å²) in [5.41, 5.74) is 3.96. The number of hydrogen-bond donors (Lipinski definition) is 2. The molecule has 3 heterocycles. The number of nitrogens with zero attached hydrogens (tertiary/aromatic N) is 1. The van der Waals surface area contributed by atoms with Crippen LogP contribution in [-0.4, -0.2) is 47.3 Å². The monoisotopic (exact) mass is 354 g/mol. The van der Waals surface area contributed by atoms with Gasteiger partial charge in [-0.05, 0) is 49.1 Å². The Labute approximate surface area is 153 Å². The Morgan fingerprint density at radius 1 is 1.31 bits per heavy atom. The minimum atomic E-state index is -0.568. The average Bonchev–Trinajstić information content (AvgIpc) is 3.05. The fourth-order valence-corrected chi connectivity index (χ4v) is 5.80. The second kappa shape index (κ2) is 6.10. The summed E-state index contributed by atoms with van der Waals surface area (Å²) in [4.78, 5) is 18.6. The molecule has 0 spiro atoms. The van der Waals surface area contributed by atoms with Gasteiger partial charge in [0.05, 0.1) is 25.2 Å². The number of benzene rings is 1. The van der Waals surface area contributed by atoms with Gasteiger partial charge in [-0.2, -0.15) is 0 Å². The summed E-state index contributed by atoms with van der Waals surface area (Å²) in [6.45, 7) is 2.10. The number of aliphatic hydroxyl groups excluding tert-OH is 1. The van der Waals surface area contributed by atoms with E-state index in [-0.39, 0.29) is 17.8 Å². The minimum Gasteiger partial charge on any atom is -0.469 e. The number of nitrogens with one attached hydrogen (secondary N) is 1. The van der Waals surface area contributed by atoms with Gasteiger partial charge in [-0.1, -0.05) is 18.2 Å². The van der Waals surface area contributed by atoms with Gasteiger partial charge in [0.1, 0.15) is 0 Å². The zero-order valence-electron chi connectivity index (χ0n) is 15.1. The number of carbonyl (C=O) groups is 1. The second-order valence-corrected chi connectivity index (χ2v) is 8.18. The van der Waals surface area contributed by atoms with Crippen molar-refractivity contribution in [3.63, 3.8) is 0 Å². The van der Waals surface area contributed by atoms with E-state index in [1.165, 1.54) is 29.3 Å². The van der Waals surface area contributed by atoms with Crippen LogP contribution in [0.3, 0.4) is 0 Å². The molecule has 1 aromatic carbocycles. The lowest BCUT2D eigenvalue weighted by Gasteiger charge is -2.50. The number of hydrogen-bond acceptors (Lipinski definition) is 4. The van der Waals surface area contributed by atoms with Crippen molar-refractivity contribution in [1.82, 2.24) is 9.88 Å². The van der Waals surface area contributed by atoms with Crippen molar-refractivity contribution in [2.24, 2.45) is 17.8 Å². The molecule has 5 rings (SSSR count). The largest absolute Gasteiger partial charge is 0.469 e. The highest BCUT2D eigenvalue weighted by molar-refractivity contribution is 5.85. The number of para-hydroxylation sites is 1. The smallest absolute Gasteiger partial charge is 0.311 e. The molecule has 1 saturated carbocycles. The first-order chi connectivity index (χ1) is 12.7. The zero-order valence-corrected chi connectivity index (χ0v) is 15.1. The molecule has 2 fully saturated rings. The van der Waals surface area contributed by atoms with Gasteiger partial charge in [-0.25, -0.2) is 0 Å². The van der Waals surface area contributed by atoms with E-state index in [0.29, 0.717) is 18.4 Å². The van der Waals surface area contributed by atoms with Crippen LogP contribution in [0.25, 0.3) is 10.9 Å². The molecular formula is C21H26N2O3. The van der Waals surface area contributed by atoms with Crippen molar-refractivity contribution in [2.75, 3.05) is 20.2 Å². The van der Waals surface area contributed by atoms with Crippen molar-refractivity contribution >= 4 is 16.9 Å². The molecule has 1 aromatic heterocycles. The van der Waals surface area contributed by atoms with Crippen LogP contribution in [0.15, 0.2) is 24.3 Å². The van der Waals surface area contributed by atoms with Crippen molar-refractivity contribution < 1.29 is 14.6 Å². The van der Waals surface area contributed by atoms with Gasteiger partial charge < -0.3 is 14.8 Å². The Balaban J connectivity index is 1.52. The summed E-state index contributed by atoms with van der Waals surface area (Å²) in [7, 11) is 1.43. The van der Waals surface area contributed by atoms with Crippen molar-refractivity contribution in [2.45, 2.75) is 37.8 Å². The lowest BCUT2D eigenvalue weighted by Crippen LogP contribution is -2.53. The molecule has 26 heavy (non-hydrogen) atoms. The van der Waals surface area contributed by atoms with Gasteiger partial charge in [-0.3, -0.25) is 9.69 Å². The maximum Gasteiger partial charge on any atom is 0.311 e. The molecule has 1 saturated heterocycles. The van der Waals surface area contributed by atoms with Crippen LogP contribution in [-0.2, 0) is 16.0 Å². The first-order valence-electron chi connectivity index (χ1n) is 9.76. The molecule has 1 aliphatic carbocycles. The molecule has 138 valence electrons. The topological polar surface area (TPSA) is 65.6 Å². The number of ether oxygens (including phenoxy) is 1. The van der Waals surface area contributed by atoms with E-state index < -0.39 is 6.10 Å². The lowest BCUT2D eigenvalue weighted by atomic mass is 9.65. The van der Waals surface area contributed by atoms with Crippen molar-refractivity contribution in [1.29, 1.82) is 0 Å². The van der Waals surface area contributed by atoms with E-state index in [0.717, 1.165) is 32.4 Å². The molecule has 2 aromatic rings. The van der Waals surface area contributed by atoms with Gasteiger partial charge in [-0.15, -0.1) is 0 Å². The highest BCUT2D eigenvalue weighted by Gasteiger charge is 2.49. The van der Waals surface area contributed by atoms with Crippen molar-refractivity contribution in [3.8, 4) is 0 Å². The van der Waals surface area contributed by atoms with E-state index in [4.69, 9.17) is 4.74 Å². The van der Waals surface area contributed by atoms with Crippen LogP contribution in [0.2, 0.25) is 0 Å². The van der Waals surface area contributed by atoms with E-state index >= 15 is 0 Å². The van der Waals surface area contributed by atoms with Crippen LogP contribution < -0.4 is 0 Å². The molecule has 0 bridgehead atoms. The molecule has 3 aliphatic rings. The van der Waals surface area contributed by atoms with Gasteiger partial charge in [0.2, 0.25) is 0 Å². The lowest BCUT2D eigenvalue weighted by molar-refractivity contribution is -0.160. The summed E-state index contributed by atoms with van der Waals surface area (Å²) in [5, 5.41) is 11.8. The summed E-state index contributed by atoms with van der Waals surface area (Å²) in [6, 6.07) is 8.83. The summed E-state index contributed by atoms with van der Waals surface area (Å²) < 4.78 is 5.04. The first kappa shape index (κ1) is 16.3. The van der Waals surface area contributed by atoms with Crippen LogP contribution in [0, 0.1) is 17.8 Å². The quantitative estimate of drug-likeness (QED) is 0.773. The number of methoxy groups -OCH3 is 1. The minimum absolute atomic E-state index is 0.199. The molecule has 2 aliphatic heterocycles. The van der Waals surface area contributed by atoms with E-state index in [2.05, 4.69) is 34.1 Å². The fraction of sp³-hybridized carbons (Fsp3) is 0.571. The average molecular weight is 354 g/mol. The Bertz CT molecular complexity index is 845. The first-order valence-corrected chi connectivity index (χ1v) is 9.76. The summed E-state index contributed by atoms with van der Waals surface area (Å²) in [6.07, 6.45) is 3.14. The Morgan fingerprint density at radius 3 is 3.00 bits per heavy atom. The van der Waals surface area contributed by atoms with Crippen LogP contribution in [0.4, 0.5) is 0 Å². The standard InChI is InChI=1S/C21H26N2O3/c1-26-21(25)19-15-10-17-20-14(13-4-2-3-5-16(13)22-20)8-9-23(17)11-12(15)6-7-18(19)24/h2-5,12,15,17-19,22,24H,6-11H2,1H3/t12-,15+,17-,18?,19?/m1/s1. The molecule has 0 amide bonds. The summed E-state index contributed by atoms with van der Waals surface area (Å²) >= 11 is 0. The number of carbonyl (C=O) groups excluding carboxylic acids is 1. The van der Waals surface area contributed by atoms with Gasteiger partial charge >= 0.3 is 5.97 Å². The number of H-pyrrole nitrogens is 1. The molecule has 5 nitrogen and oxygen atoms in total. The third kappa shape index (κ3) is 2.33. The molecule has 2 unspecified atom stereocenters. The third-order valence-corrected chi connectivity index (χ3v) is 7.02. The number of aliphatic hydroxyl groups is 1. The van der Waals surface area contributed by atoms with E-state index in [9.17, 15) is 9.90 Å². The van der Waals surface area contributed by atoms with Gasteiger partial charge in [0.25, 0.3) is 0 Å². The highest BCUT2D eigenvalue weighted by atomic mass is 16.5. The Hall–Kier alpha value is -1.85. The number of esters is 1. The Kier molecular flexibility index (Phi) is 3.83. The van der Waals surface area contributed by atoms with Crippen molar-refractivity contribution in [3.05, 3.63) is 35.5 Å². The number of fused-ring (bicyclic) bond motifs is 6. The molecule has 0 radical (unpaired) electrons. The molecule has 5 heteroatoms. The zero-order chi connectivity index (χ0) is 17.8. The fourth-order valence-electron chi connectivity index (χ4n) is 5.80. The highest BCUT2D eigenvalue weighted by Crippen LogP contribution is 2.49. The predicted molar refractivity (Wildman–Crippen MR) is 98.7 cm³/mol. The van der Waals surface area contributed by atoms with Crippen LogP contribution in [0.5, 0.6) is 0 Å². The number of aromatic nitrogens is 1. The predicted octanol–water partition coefficient (Wildman–Crippen LogP) is 2.65. The van der Waals surface area contributed by atoms with Crippen LogP contribution >= 0.6 is 0 Å². The number of rotatable bonds is 1. The maximum atomic E-state index is 12.4. The normalized spacial score (nSPS) is 34.0. The molecule has 2 N–H and O–H groups in total. The maximum absolute atomic E-state index is 12.4. The Morgan fingerprint density at radius 2 is 2.15 bits per heavy atom. The SMILES string of the molecule is COC(=O)C1C(O)CC[C@@H]2CN3CCc4c([nH]c5ccccc45)[C@H]3C[C@H]12. The van der Waals surface area contributed by atoms with E-state index in [1.54, 1.807) is 0 Å². The summed E-state index contributed by atoms with van der Waals surface area (Å²) in [5.74, 6) is 0.0541. The van der Waals surface area contributed by atoms with Crippen LogP contribution in [0.1, 0.15) is 36.6 Å². The molecule has 5 atom stereocenters.